The van der Waals surface area contributed by atoms with Crippen molar-refractivity contribution in [2.75, 3.05) is 0 Å². The highest BCUT2D eigenvalue weighted by atomic mass is 14.9. The highest BCUT2D eigenvalue weighted by Crippen LogP contribution is 2.54. The van der Waals surface area contributed by atoms with Gasteiger partial charge in [0.25, 0.3) is 0 Å². The van der Waals surface area contributed by atoms with Gasteiger partial charge in [-0.1, -0.05) is 127 Å². The van der Waals surface area contributed by atoms with Crippen LogP contribution >= 0.6 is 0 Å². The average molecular weight is 631 g/mol. The van der Waals surface area contributed by atoms with Crippen molar-refractivity contribution >= 4 is 76.2 Å². The van der Waals surface area contributed by atoms with Crippen molar-refractivity contribution in [3.63, 3.8) is 0 Å². The van der Waals surface area contributed by atoms with E-state index < -0.39 is 0 Å². The van der Waals surface area contributed by atoms with Crippen LogP contribution in [0.1, 0.15) is 0 Å². The molecule has 2 heteroatoms. The second-order valence-electron chi connectivity index (χ2n) is 14.0. The van der Waals surface area contributed by atoms with E-state index in [9.17, 15) is 0 Å². The lowest BCUT2D eigenvalue weighted by Crippen LogP contribution is -1.97. The maximum atomic E-state index is 2.58. The number of fused-ring (bicyclic) bond motifs is 22. The van der Waals surface area contributed by atoms with E-state index >= 15 is 0 Å². The highest BCUT2D eigenvalue weighted by molar-refractivity contribution is 6.45. The van der Waals surface area contributed by atoms with E-state index in [4.69, 9.17) is 0 Å². The Bertz CT molecular complexity index is 3420. The minimum absolute atomic E-state index is 1.26. The van der Waals surface area contributed by atoms with Gasteiger partial charge >= 0.3 is 0 Å². The number of hydrogen-bond donors (Lipinski definition) is 0. The molecule has 4 aromatic heterocycles. The van der Waals surface area contributed by atoms with Gasteiger partial charge in [0.1, 0.15) is 0 Å². The smallest absolute Gasteiger partial charge is 0.0634 e. The van der Waals surface area contributed by atoms with Crippen LogP contribution in [0.25, 0.3) is 121 Å². The first-order chi connectivity index (χ1) is 24.9. The van der Waals surface area contributed by atoms with Gasteiger partial charge in [-0.25, -0.2) is 0 Å². The molecule has 0 N–H and O–H groups in total. The van der Waals surface area contributed by atoms with Gasteiger partial charge < -0.3 is 8.80 Å². The molecule has 0 amide bonds. The fourth-order valence-electron chi connectivity index (χ4n) is 9.88. The van der Waals surface area contributed by atoms with E-state index in [1.807, 2.05) is 0 Å². The molecule has 0 atom stereocenters. The summed E-state index contributed by atoms with van der Waals surface area (Å²) in [7, 11) is 0. The monoisotopic (exact) mass is 630 g/mol. The summed E-state index contributed by atoms with van der Waals surface area (Å²) >= 11 is 0. The number of rotatable bonds is 0. The van der Waals surface area contributed by atoms with Crippen LogP contribution in [0.2, 0.25) is 0 Å². The van der Waals surface area contributed by atoms with Crippen molar-refractivity contribution in [1.82, 2.24) is 8.80 Å². The number of aromatic nitrogens is 2. The Morgan fingerprint density at radius 3 is 0.960 bits per heavy atom. The summed E-state index contributed by atoms with van der Waals surface area (Å²) in [4.78, 5) is 0. The van der Waals surface area contributed by atoms with Crippen molar-refractivity contribution in [3.8, 4) is 44.5 Å². The van der Waals surface area contributed by atoms with Gasteiger partial charge in [0.15, 0.2) is 0 Å². The molecule has 0 radical (unpaired) electrons. The molecule has 1 aliphatic rings. The van der Waals surface area contributed by atoms with Crippen LogP contribution in [0.15, 0.2) is 158 Å². The molecule has 13 rings (SSSR count). The van der Waals surface area contributed by atoms with Crippen molar-refractivity contribution in [2.45, 2.75) is 0 Å². The molecule has 1 aliphatic carbocycles. The maximum absolute atomic E-state index is 2.58. The van der Waals surface area contributed by atoms with Gasteiger partial charge in [-0.05, 0) is 74.8 Å². The zero-order valence-corrected chi connectivity index (χ0v) is 26.9. The van der Waals surface area contributed by atoms with Crippen molar-refractivity contribution in [3.05, 3.63) is 158 Å². The molecule has 0 spiro atoms. The molecule has 2 nitrogen and oxygen atoms in total. The van der Waals surface area contributed by atoms with Crippen LogP contribution in [0.3, 0.4) is 0 Å². The van der Waals surface area contributed by atoms with Crippen LogP contribution in [-0.4, -0.2) is 8.80 Å². The lowest BCUT2D eigenvalue weighted by Gasteiger charge is -2.23. The van der Waals surface area contributed by atoms with E-state index in [1.165, 1.54) is 121 Å². The standard InChI is InChI=1S/C48H26N2/c1-2-14-28-27(13-1)29-15-3-5-17-31(29)36-25-38-42(26-37(36)32-18-6-4-16-30(28)32)50-41-24-12-9-21-35(41)44-43-33-19-7-10-22-39(33)49-40-23-11-8-20-34(40)45(47(43)49)46(38)48(44)50/h1-26H. The van der Waals surface area contributed by atoms with Crippen LogP contribution in [0.4, 0.5) is 0 Å². The number of nitrogens with zero attached hydrogens (tertiary/aromatic N) is 2. The Kier molecular flexibility index (Phi) is 4.41. The van der Waals surface area contributed by atoms with Crippen molar-refractivity contribution in [2.24, 2.45) is 0 Å². The first kappa shape index (κ1) is 25.4. The van der Waals surface area contributed by atoms with E-state index in [2.05, 4.69) is 167 Å². The van der Waals surface area contributed by atoms with Gasteiger partial charge in [-0.15, -0.1) is 0 Å². The molecule has 4 heterocycles. The Hall–Kier alpha value is -6.64. The molecule has 0 aliphatic heterocycles. The van der Waals surface area contributed by atoms with E-state index in [0.717, 1.165) is 0 Å². The predicted octanol–water partition coefficient (Wildman–Crippen LogP) is 13.0. The van der Waals surface area contributed by atoms with Gasteiger partial charge in [-0.3, -0.25) is 0 Å². The van der Waals surface area contributed by atoms with Gasteiger partial charge in [-0.2, -0.15) is 0 Å². The lowest BCUT2D eigenvalue weighted by atomic mass is 9.80. The zero-order valence-electron chi connectivity index (χ0n) is 26.9. The van der Waals surface area contributed by atoms with Gasteiger partial charge in [0, 0.05) is 43.1 Å². The summed E-state index contributed by atoms with van der Waals surface area (Å²) in [5.74, 6) is 0. The molecule has 0 unspecified atom stereocenters. The first-order valence-electron chi connectivity index (χ1n) is 17.5. The minimum atomic E-state index is 1.26. The number of para-hydroxylation sites is 3. The van der Waals surface area contributed by atoms with E-state index in [-0.39, 0.29) is 0 Å². The summed E-state index contributed by atoms with van der Waals surface area (Å²) in [5.41, 5.74) is 17.9. The summed E-state index contributed by atoms with van der Waals surface area (Å²) in [6.45, 7) is 0. The Balaban J connectivity index is 1.35. The molecule has 8 aromatic carbocycles. The van der Waals surface area contributed by atoms with Crippen LogP contribution in [0, 0.1) is 0 Å². The molecule has 0 saturated carbocycles. The van der Waals surface area contributed by atoms with Crippen LogP contribution < -0.4 is 0 Å². The SMILES string of the molecule is c1ccc2c(c1)-c1ccccc1-c1cc3c4c5c6ccccc6n6c7ccccc7c(c7c8ccccc8n(c3cc1-c1ccccc1-2)c74)c56. The van der Waals surface area contributed by atoms with Gasteiger partial charge in [0.05, 0.1) is 33.1 Å². The maximum Gasteiger partial charge on any atom is 0.0634 e. The van der Waals surface area contributed by atoms with Crippen molar-refractivity contribution < 1.29 is 0 Å². The highest BCUT2D eigenvalue weighted by Gasteiger charge is 2.30. The fraction of sp³-hybridized carbons (Fsp3) is 0. The molecule has 0 fully saturated rings. The van der Waals surface area contributed by atoms with Crippen LogP contribution in [-0.2, 0) is 0 Å². The normalized spacial score (nSPS) is 12.8. The first-order valence-corrected chi connectivity index (χ1v) is 17.5. The number of benzene rings is 8. The fourth-order valence-corrected chi connectivity index (χ4v) is 9.88. The molecule has 0 bridgehead atoms. The summed E-state index contributed by atoms with van der Waals surface area (Å²) in [6.07, 6.45) is 0. The average Bonchev–Trinajstić information content (AvgIpc) is 3.90. The molecular formula is C48H26N2. The Morgan fingerprint density at radius 1 is 0.240 bits per heavy atom. The van der Waals surface area contributed by atoms with Crippen molar-refractivity contribution in [1.29, 1.82) is 0 Å². The van der Waals surface area contributed by atoms with E-state index in [0.29, 0.717) is 0 Å². The largest absolute Gasteiger partial charge is 0.308 e. The summed E-state index contributed by atoms with van der Waals surface area (Å²) < 4.78 is 5.12. The lowest BCUT2D eigenvalue weighted by molar-refractivity contribution is 1.37. The summed E-state index contributed by atoms with van der Waals surface area (Å²) in [5, 5.41) is 10.7. The second kappa shape index (κ2) is 8.68. The molecule has 50 heavy (non-hydrogen) atoms. The minimum Gasteiger partial charge on any atom is -0.308 e. The van der Waals surface area contributed by atoms with E-state index in [1.54, 1.807) is 0 Å². The Labute approximate surface area is 286 Å². The summed E-state index contributed by atoms with van der Waals surface area (Å²) in [6, 6.07) is 59.0. The third-order valence-electron chi connectivity index (χ3n) is 11.7. The topological polar surface area (TPSA) is 8.82 Å². The van der Waals surface area contributed by atoms with Crippen LogP contribution in [0.5, 0.6) is 0 Å². The molecule has 12 aromatic rings. The molecular weight excluding hydrogens is 605 g/mol. The predicted molar refractivity (Wildman–Crippen MR) is 211 cm³/mol. The molecule has 228 valence electrons. The zero-order chi connectivity index (χ0) is 32.2. The Morgan fingerprint density at radius 2 is 0.540 bits per heavy atom. The second-order valence-corrected chi connectivity index (χ2v) is 14.0. The quantitative estimate of drug-likeness (QED) is 0.158. The third-order valence-corrected chi connectivity index (χ3v) is 11.7. The molecule has 0 saturated heterocycles. The third kappa shape index (κ3) is 2.79. The number of hydrogen-bond acceptors (Lipinski definition) is 0. The van der Waals surface area contributed by atoms with Gasteiger partial charge in [0.2, 0.25) is 0 Å².